The van der Waals surface area contributed by atoms with Crippen molar-refractivity contribution in [3.8, 4) is 0 Å². The molecule has 0 aromatic carbocycles. The van der Waals surface area contributed by atoms with Crippen LogP contribution in [0.5, 0.6) is 0 Å². The van der Waals surface area contributed by atoms with Gasteiger partial charge in [0.05, 0.1) is 10.7 Å². The van der Waals surface area contributed by atoms with E-state index < -0.39 is 0 Å². The smallest absolute Gasteiger partial charge is 0.0954 e. The number of piperidine rings is 1. The number of hydrogen-bond acceptors (Lipinski definition) is 4. The monoisotopic (exact) mass is 293 g/mol. The maximum absolute atomic E-state index is 4.75. The highest BCUT2D eigenvalue weighted by molar-refractivity contribution is 7.09. The van der Waals surface area contributed by atoms with E-state index in [1.807, 2.05) is 11.3 Å². The SMILES string of the molecule is CC(C)c1nc(CN2CCC(NCC3CC3)CC2)cs1. The fourth-order valence-corrected chi connectivity index (χ4v) is 3.67. The maximum Gasteiger partial charge on any atom is 0.0954 e. The lowest BCUT2D eigenvalue weighted by Gasteiger charge is -2.32. The fraction of sp³-hybridized carbons (Fsp3) is 0.812. The summed E-state index contributed by atoms with van der Waals surface area (Å²) in [5.41, 5.74) is 1.27. The van der Waals surface area contributed by atoms with Crippen LogP contribution in [-0.2, 0) is 6.54 Å². The Morgan fingerprint density at radius 1 is 1.30 bits per heavy atom. The number of rotatable bonds is 6. The Morgan fingerprint density at radius 2 is 2.05 bits per heavy atom. The van der Waals surface area contributed by atoms with E-state index in [9.17, 15) is 0 Å². The molecule has 20 heavy (non-hydrogen) atoms. The van der Waals surface area contributed by atoms with Crippen molar-refractivity contribution in [2.24, 2.45) is 5.92 Å². The number of nitrogens with zero attached hydrogens (tertiary/aromatic N) is 2. The topological polar surface area (TPSA) is 28.2 Å². The molecule has 1 aromatic rings. The highest BCUT2D eigenvalue weighted by Gasteiger charge is 2.24. The molecule has 3 nitrogen and oxygen atoms in total. The number of likely N-dealkylation sites (tertiary alicyclic amines) is 1. The Morgan fingerprint density at radius 3 is 2.65 bits per heavy atom. The lowest BCUT2D eigenvalue weighted by atomic mass is 10.0. The number of aromatic nitrogens is 1. The molecule has 1 aliphatic carbocycles. The summed E-state index contributed by atoms with van der Waals surface area (Å²) in [6.07, 6.45) is 5.50. The zero-order valence-corrected chi connectivity index (χ0v) is 13.6. The van der Waals surface area contributed by atoms with Crippen LogP contribution >= 0.6 is 11.3 Å². The summed E-state index contributed by atoms with van der Waals surface area (Å²) in [7, 11) is 0. The largest absolute Gasteiger partial charge is 0.314 e. The van der Waals surface area contributed by atoms with Gasteiger partial charge in [0, 0.05) is 37.0 Å². The van der Waals surface area contributed by atoms with E-state index in [0.29, 0.717) is 5.92 Å². The van der Waals surface area contributed by atoms with Gasteiger partial charge in [-0.3, -0.25) is 4.90 Å². The van der Waals surface area contributed by atoms with Gasteiger partial charge in [-0.2, -0.15) is 0 Å². The highest BCUT2D eigenvalue weighted by atomic mass is 32.1. The number of nitrogens with one attached hydrogen (secondary N) is 1. The van der Waals surface area contributed by atoms with Crippen LogP contribution in [0.4, 0.5) is 0 Å². The molecule has 4 heteroatoms. The van der Waals surface area contributed by atoms with Crippen LogP contribution in [0.1, 0.15) is 56.2 Å². The second kappa shape index (κ2) is 6.54. The van der Waals surface area contributed by atoms with Gasteiger partial charge in [0.15, 0.2) is 0 Å². The average molecular weight is 293 g/mol. The molecule has 1 N–H and O–H groups in total. The van der Waals surface area contributed by atoms with E-state index in [1.54, 1.807) is 0 Å². The summed E-state index contributed by atoms with van der Waals surface area (Å²) < 4.78 is 0. The first-order chi connectivity index (χ1) is 9.70. The van der Waals surface area contributed by atoms with Crippen molar-refractivity contribution in [3.05, 3.63) is 16.1 Å². The van der Waals surface area contributed by atoms with Crippen LogP contribution in [0.25, 0.3) is 0 Å². The molecule has 0 spiro atoms. The molecule has 112 valence electrons. The molecule has 1 aliphatic heterocycles. The van der Waals surface area contributed by atoms with Crippen molar-refractivity contribution in [2.45, 2.75) is 58.0 Å². The Bertz CT molecular complexity index is 417. The molecule has 1 saturated carbocycles. The predicted octanol–water partition coefficient (Wildman–Crippen LogP) is 3.23. The first-order valence-electron chi connectivity index (χ1n) is 8.10. The molecule has 2 fully saturated rings. The quantitative estimate of drug-likeness (QED) is 0.873. The van der Waals surface area contributed by atoms with Crippen LogP contribution in [-0.4, -0.2) is 35.6 Å². The summed E-state index contributed by atoms with van der Waals surface area (Å²) in [5.74, 6) is 1.56. The zero-order valence-electron chi connectivity index (χ0n) is 12.8. The minimum atomic E-state index is 0.561. The number of hydrogen-bond donors (Lipinski definition) is 1. The highest BCUT2D eigenvalue weighted by Crippen LogP contribution is 2.28. The second-order valence-corrected chi connectivity index (χ2v) is 7.62. The van der Waals surface area contributed by atoms with E-state index in [-0.39, 0.29) is 0 Å². The van der Waals surface area contributed by atoms with Crippen LogP contribution in [0.15, 0.2) is 5.38 Å². The molecular weight excluding hydrogens is 266 g/mol. The Hall–Kier alpha value is -0.450. The van der Waals surface area contributed by atoms with Crippen molar-refractivity contribution >= 4 is 11.3 Å². The third-order valence-corrected chi connectivity index (χ3v) is 5.62. The minimum Gasteiger partial charge on any atom is -0.314 e. The van der Waals surface area contributed by atoms with Gasteiger partial charge in [-0.15, -0.1) is 11.3 Å². The molecule has 1 saturated heterocycles. The van der Waals surface area contributed by atoms with Gasteiger partial charge in [-0.05, 0) is 38.1 Å². The first-order valence-corrected chi connectivity index (χ1v) is 8.98. The predicted molar refractivity (Wildman–Crippen MR) is 85.2 cm³/mol. The van der Waals surface area contributed by atoms with Crippen molar-refractivity contribution in [1.29, 1.82) is 0 Å². The molecule has 3 rings (SSSR count). The molecule has 2 heterocycles. The van der Waals surface area contributed by atoms with Crippen molar-refractivity contribution in [2.75, 3.05) is 19.6 Å². The standard InChI is InChI=1S/C16H27N3S/c1-12(2)16-18-15(11-20-16)10-19-7-5-14(6-8-19)17-9-13-3-4-13/h11-14,17H,3-10H2,1-2H3. The Kier molecular flexibility index (Phi) is 4.74. The Balaban J connectivity index is 1.40. The lowest BCUT2D eigenvalue weighted by Crippen LogP contribution is -2.42. The van der Waals surface area contributed by atoms with Crippen LogP contribution in [0.3, 0.4) is 0 Å². The first kappa shape index (κ1) is 14.5. The van der Waals surface area contributed by atoms with Gasteiger partial charge in [-0.25, -0.2) is 4.98 Å². The van der Waals surface area contributed by atoms with Gasteiger partial charge < -0.3 is 5.32 Å². The summed E-state index contributed by atoms with van der Waals surface area (Å²) in [5, 5.41) is 7.27. The molecule has 1 aromatic heterocycles. The zero-order chi connectivity index (χ0) is 13.9. The van der Waals surface area contributed by atoms with E-state index >= 15 is 0 Å². The van der Waals surface area contributed by atoms with Crippen LogP contribution in [0, 0.1) is 5.92 Å². The normalized spacial score (nSPS) is 21.8. The summed E-state index contributed by atoms with van der Waals surface area (Å²) in [6.45, 7) is 9.18. The van der Waals surface area contributed by atoms with E-state index in [1.165, 1.54) is 56.0 Å². The van der Waals surface area contributed by atoms with Crippen molar-refractivity contribution in [1.82, 2.24) is 15.2 Å². The summed E-state index contributed by atoms with van der Waals surface area (Å²) in [6, 6.07) is 0.758. The van der Waals surface area contributed by atoms with Crippen LogP contribution in [0.2, 0.25) is 0 Å². The van der Waals surface area contributed by atoms with Gasteiger partial charge in [0.2, 0.25) is 0 Å². The second-order valence-electron chi connectivity index (χ2n) is 6.73. The molecule has 0 radical (unpaired) electrons. The van der Waals surface area contributed by atoms with Crippen molar-refractivity contribution < 1.29 is 0 Å². The molecular formula is C16H27N3S. The maximum atomic E-state index is 4.75. The fourth-order valence-electron chi connectivity index (χ4n) is 2.84. The number of thiazole rings is 1. The van der Waals surface area contributed by atoms with E-state index in [0.717, 1.165) is 18.5 Å². The average Bonchev–Trinajstić information content (AvgIpc) is 3.15. The third-order valence-electron chi connectivity index (χ3n) is 4.43. The molecule has 0 atom stereocenters. The molecule has 0 bridgehead atoms. The van der Waals surface area contributed by atoms with Gasteiger partial charge in [0.1, 0.15) is 0 Å². The minimum absolute atomic E-state index is 0.561. The Labute approximate surface area is 126 Å². The summed E-state index contributed by atoms with van der Waals surface area (Å²) in [4.78, 5) is 7.32. The molecule has 0 amide bonds. The van der Waals surface area contributed by atoms with Crippen LogP contribution < -0.4 is 5.32 Å². The lowest BCUT2D eigenvalue weighted by molar-refractivity contribution is 0.188. The van der Waals surface area contributed by atoms with E-state index in [2.05, 4.69) is 29.4 Å². The molecule has 0 unspecified atom stereocenters. The van der Waals surface area contributed by atoms with Gasteiger partial charge in [-0.1, -0.05) is 13.8 Å². The van der Waals surface area contributed by atoms with Crippen molar-refractivity contribution in [3.63, 3.8) is 0 Å². The van der Waals surface area contributed by atoms with Gasteiger partial charge in [0.25, 0.3) is 0 Å². The van der Waals surface area contributed by atoms with Gasteiger partial charge >= 0.3 is 0 Å². The third kappa shape index (κ3) is 4.03. The summed E-state index contributed by atoms with van der Waals surface area (Å²) >= 11 is 1.81. The van der Waals surface area contributed by atoms with E-state index in [4.69, 9.17) is 4.98 Å². The molecule has 2 aliphatic rings.